The number of thiophene rings is 1. The second-order valence-corrected chi connectivity index (χ2v) is 6.66. The number of thiazole rings is 1. The van der Waals surface area contributed by atoms with Crippen molar-refractivity contribution in [3.63, 3.8) is 0 Å². The van der Waals surface area contributed by atoms with Gasteiger partial charge in [0.25, 0.3) is 5.91 Å². The highest BCUT2D eigenvalue weighted by molar-refractivity contribution is 7.20. The van der Waals surface area contributed by atoms with Gasteiger partial charge in [-0.2, -0.15) is 0 Å². The number of nitrogens with zero attached hydrogens (tertiary/aromatic N) is 1. The zero-order valence-corrected chi connectivity index (χ0v) is 14.2. The average Bonchev–Trinajstić information content (AvgIpc) is 3.29. The molecule has 0 saturated carbocycles. The van der Waals surface area contributed by atoms with Gasteiger partial charge in [-0.05, 0) is 17.0 Å². The summed E-state index contributed by atoms with van der Waals surface area (Å²) in [4.78, 5) is 28.9. The molecule has 0 aliphatic heterocycles. The van der Waals surface area contributed by atoms with E-state index < -0.39 is 5.97 Å². The van der Waals surface area contributed by atoms with Crippen LogP contribution in [0.15, 0.2) is 53.2 Å². The van der Waals surface area contributed by atoms with Gasteiger partial charge >= 0.3 is 5.97 Å². The smallest absolute Gasteiger partial charge is 0.358 e. The summed E-state index contributed by atoms with van der Waals surface area (Å²) in [6.45, 7) is 0.0774. The molecule has 0 atom stereocenters. The number of carbonyl (C=O) groups excluding carboxylic acids is 2. The lowest BCUT2D eigenvalue weighted by molar-refractivity contribution is -0.124. The predicted octanol–water partition coefficient (Wildman–Crippen LogP) is 3.34. The molecular formula is C17H14N2O3S2. The molecule has 0 fully saturated rings. The molecule has 3 rings (SSSR count). The number of amides is 1. The fourth-order valence-corrected chi connectivity index (χ4v) is 3.54. The summed E-state index contributed by atoms with van der Waals surface area (Å²) in [5, 5.41) is 7.06. The minimum absolute atomic E-state index is 0.222. The molecule has 0 bridgehead atoms. The van der Waals surface area contributed by atoms with Gasteiger partial charge in [0.2, 0.25) is 0 Å². The summed E-state index contributed by atoms with van der Waals surface area (Å²) < 4.78 is 5.01. The van der Waals surface area contributed by atoms with Gasteiger partial charge in [0.15, 0.2) is 12.3 Å². The largest absolute Gasteiger partial charge is 0.451 e. The highest BCUT2D eigenvalue weighted by Gasteiger charge is 2.15. The van der Waals surface area contributed by atoms with Crippen molar-refractivity contribution in [2.45, 2.75) is 6.54 Å². The van der Waals surface area contributed by atoms with E-state index in [-0.39, 0.29) is 18.2 Å². The van der Waals surface area contributed by atoms with E-state index in [1.807, 2.05) is 47.8 Å². The number of ether oxygens (including phenoxy) is 1. The van der Waals surface area contributed by atoms with Crippen molar-refractivity contribution < 1.29 is 14.3 Å². The first-order valence-electron chi connectivity index (χ1n) is 7.19. The molecule has 2 aromatic heterocycles. The Morgan fingerprint density at radius 1 is 1.08 bits per heavy atom. The van der Waals surface area contributed by atoms with Gasteiger partial charge in [-0.15, -0.1) is 22.7 Å². The van der Waals surface area contributed by atoms with E-state index in [4.69, 9.17) is 4.74 Å². The molecular weight excluding hydrogens is 344 g/mol. The molecule has 24 heavy (non-hydrogen) atoms. The molecule has 1 N–H and O–H groups in total. The molecule has 2 heterocycles. The van der Waals surface area contributed by atoms with Gasteiger partial charge in [0.05, 0.1) is 4.88 Å². The van der Waals surface area contributed by atoms with Gasteiger partial charge in [-0.3, -0.25) is 4.79 Å². The molecule has 5 nitrogen and oxygen atoms in total. The number of hydrogen-bond donors (Lipinski definition) is 1. The Labute approximate surface area is 146 Å². The van der Waals surface area contributed by atoms with Crippen LogP contribution in [0.2, 0.25) is 0 Å². The van der Waals surface area contributed by atoms with Crippen LogP contribution in [0.1, 0.15) is 16.1 Å². The molecule has 0 spiro atoms. The average molecular weight is 358 g/mol. The van der Waals surface area contributed by atoms with Gasteiger partial charge < -0.3 is 10.1 Å². The van der Waals surface area contributed by atoms with Crippen molar-refractivity contribution in [3.05, 3.63) is 64.5 Å². The maximum atomic E-state index is 12.0. The van der Waals surface area contributed by atoms with Crippen LogP contribution in [-0.4, -0.2) is 23.5 Å². The first kappa shape index (κ1) is 16.4. The number of nitrogens with one attached hydrogen (secondary N) is 1. The Morgan fingerprint density at radius 3 is 2.67 bits per heavy atom. The van der Waals surface area contributed by atoms with Crippen LogP contribution in [0, 0.1) is 0 Å². The molecule has 3 aromatic rings. The molecule has 0 saturated heterocycles. The minimum Gasteiger partial charge on any atom is -0.451 e. The van der Waals surface area contributed by atoms with Crippen LogP contribution in [0.4, 0.5) is 0 Å². The van der Waals surface area contributed by atoms with Gasteiger partial charge in [0.1, 0.15) is 5.01 Å². The first-order chi connectivity index (χ1) is 11.7. The molecule has 1 amide bonds. The van der Waals surface area contributed by atoms with Crippen molar-refractivity contribution in [1.29, 1.82) is 0 Å². The zero-order chi connectivity index (χ0) is 16.8. The lowest BCUT2D eigenvalue weighted by atomic mass is 10.2. The summed E-state index contributed by atoms with van der Waals surface area (Å²) in [5.41, 5.74) is 1.21. The van der Waals surface area contributed by atoms with Crippen LogP contribution in [-0.2, 0) is 16.1 Å². The number of esters is 1. The van der Waals surface area contributed by atoms with Crippen LogP contribution in [0.5, 0.6) is 0 Å². The maximum Gasteiger partial charge on any atom is 0.358 e. The molecule has 1 aromatic carbocycles. The molecule has 0 radical (unpaired) electrons. The lowest BCUT2D eigenvalue weighted by Gasteiger charge is -2.05. The number of rotatable bonds is 6. The SMILES string of the molecule is O=C(COC(=O)c1csc(-c2cccs2)n1)NCc1ccccc1. The third kappa shape index (κ3) is 4.27. The third-order valence-electron chi connectivity index (χ3n) is 3.11. The van der Waals surface area contributed by atoms with Crippen LogP contribution in [0.25, 0.3) is 9.88 Å². The van der Waals surface area contributed by atoms with Crippen molar-refractivity contribution in [3.8, 4) is 9.88 Å². The predicted molar refractivity (Wildman–Crippen MR) is 94.0 cm³/mol. The standard InChI is InChI=1S/C17H14N2O3S2/c20-15(18-9-12-5-2-1-3-6-12)10-22-17(21)13-11-24-16(19-13)14-7-4-8-23-14/h1-8,11H,9-10H2,(H,18,20). The summed E-state index contributed by atoms with van der Waals surface area (Å²) in [6.07, 6.45) is 0. The van der Waals surface area contributed by atoms with Gasteiger partial charge in [-0.1, -0.05) is 36.4 Å². The first-order valence-corrected chi connectivity index (χ1v) is 8.95. The van der Waals surface area contributed by atoms with E-state index in [0.717, 1.165) is 15.4 Å². The number of carbonyl (C=O) groups is 2. The van der Waals surface area contributed by atoms with E-state index in [1.54, 1.807) is 16.7 Å². The van der Waals surface area contributed by atoms with E-state index in [0.29, 0.717) is 6.54 Å². The topological polar surface area (TPSA) is 68.3 Å². The number of benzene rings is 1. The Balaban J connectivity index is 1.47. The van der Waals surface area contributed by atoms with Crippen molar-refractivity contribution in [1.82, 2.24) is 10.3 Å². The Kier molecular flexibility index (Phi) is 5.35. The minimum atomic E-state index is -0.594. The Morgan fingerprint density at radius 2 is 1.92 bits per heavy atom. The summed E-state index contributed by atoms with van der Waals surface area (Å²) in [5.74, 6) is -0.940. The van der Waals surface area contributed by atoms with Crippen LogP contribution < -0.4 is 5.32 Å². The second-order valence-electron chi connectivity index (χ2n) is 4.85. The highest BCUT2D eigenvalue weighted by atomic mass is 32.1. The maximum absolute atomic E-state index is 12.0. The fraction of sp³-hybridized carbons (Fsp3) is 0.118. The summed E-state index contributed by atoms with van der Waals surface area (Å²) >= 11 is 2.93. The van der Waals surface area contributed by atoms with E-state index in [9.17, 15) is 9.59 Å². The van der Waals surface area contributed by atoms with Crippen molar-refractivity contribution in [2.75, 3.05) is 6.61 Å². The quantitative estimate of drug-likeness (QED) is 0.686. The highest BCUT2D eigenvalue weighted by Crippen LogP contribution is 2.27. The summed E-state index contributed by atoms with van der Waals surface area (Å²) in [7, 11) is 0. The number of aromatic nitrogens is 1. The second kappa shape index (κ2) is 7.85. The van der Waals surface area contributed by atoms with Crippen molar-refractivity contribution >= 4 is 34.6 Å². The molecule has 122 valence electrons. The number of hydrogen-bond acceptors (Lipinski definition) is 6. The fourth-order valence-electron chi connectivity index (χ4n) is 1.93. The zero-order valence-electron chi connectivity index (χ0n) is 12.6. The summed E-state index contributed by atoms with van der Waals surface area (Å²) in [6, 6.07) is 13.4. The molecule has 0 unspecified atom stereocenters. The van der Waals surface area contributed by atoms with Crippen LogP contribution >= 0.6 is 22.7 Å². The molecule has 0 aliphatic carbocycles. The van der Waals surface area contributed by atoms with E-state index in [2.05, 4.69) is 10.3 Å². The third-order valence-corrected chi connectivity index (χ3v) is 4.99. The van der Waals surface area contributed by atoms with E-state index in [1.165, 1.54) is 11.3 Å². The monoisotopic (exact) mass is 358 g/mol. The Bertz CT molecular complexity index is 814. The van der Waals surface area contributed by atoms with Gasteiger partial charge in [-0.25, -0.2) is 9.78 Å². The van der Waals surface area contributed by atoms with Gasteiger partial charge in [0, 0.05) is 11.9 Å². The Hall–Kier alpha value is -2.51. The normalized spacial score (nSPS) is 10.3. The lowest BCUT2D eigenvalue weighted by Crippen LogP contribution is -2.28. The molecule has 7 heteroatoms. The van der Waals surface area contributed by atoms with Crippen LogP contribution in [0.3, 0.4) is 0 Å². The molecule has 0 aliphatic rings. The van der Waals surface area contributed by atoms with Crippen molar-refractivity contribution in [2.24, 2.45) is 0 Å². The van der Waals surface area contributed by atoms with E-state index >= 15 is 0 Å².